The predicted octanol–water partition coefficient (Wildman–Crippen LogP) is 6.62. The van der Waals surface area contributed by atoms with Gasteiger partial charge in [0.1, 0.15) is 0 Å². The first kappa shape index (κ1) is 28.9. The van der Waals surface area contributed by atoms with E-state index in [1.165, 1.54) is 19.3 Å². The number of esters is 2. The normalized spacial score (nSPS) is 12.0. The number of hydrogen-bond acceptors (Lipinski definition) is 5. The lowest BCUT2D eigenvalue weighted by Gasteiger charge is -2.16. The molecule has 1 unspecified atom stereocenters. The highest BCUT2D eigenvalue weighted by molar-refractivity contribution is 5.69. The lowest BCUT2D eigenvalue weighted by atomic mass is 9.99. The number of hydrogen-bond donors (Lipinski definition) is 0. The van der Waals surface area contributed by atoms with Crippen LogP contribution in [0, 0.1) is 5.92 Å². The van der Waals surface area contributed by atoms with Crippen LogP contribution < -0.4 is 0 Å². The quantitative estimate of drug-likeness (QED) is 0.143. The highest BCUT2D eigenvalue weighted by Crippen LogP contribution is 2.16. The largest absolute Gasteiger partial charge is 0.466 e. The molecule has 0 aliphatic rings. The van der Waals surface area contributed by atoms with Crippen molar-refractivity contribution >= 4 is 11.9 Å². The molecule has 0 amide bonds. The molecule has 30 heavy (non-hydrogen) atoms. The maximum absolute atomic E-state index is 12.0. The van der Waals surface area contributed by atoms with E-state index in [2.05, 4.69) is 13.8 Å². The third-order valence-corrected chi connectivity index (χ3v) is 5.45. The van der Waals surface area contributed by atoms with E-state index in [4.69, 9.17) is 14.2 Å². The Hall–Kier alpha value is -1.10. The SMILES string of the molecule is CCCCCOC(=O)CCCCCCCCC(=O)OCC(CCCCC)CCOC. The zero-order chi connectivity index (χ0) is 22.3. The predicted molar refractivity (Wildman–Crippen MR) is 123 cm³/mol. The molecular formula is C25H48O5. The fourth-order valence-electron chi connectivity index (χ4n) is 3.42. The smallest absolute Gasteiger partial charge is 0.305 e. The lowest BCUT2D eigenvalue weighted by molar-refractivity contribution is -0.145. The second-order valence-electron chi connectivity index (χ2n) is 8.38. The van der Waals surface area contributed by atoms with E-state index in [9.17, 15) is 9.59 Å². The van der Waals surface area contributed by atoms with E-state index >= 15 is 0 Å². The highest BCUT2D eigenvalue weighted by atomic mass is 16.5. The number of methoxy groups -OCH3 is 1. The van der Waals surface area contributed by atoms with Crippen molar-refractivity contribution in [2.75, 3.05) is 26.9 Å². The summed E-state index contributed by atoms with van der Waals surface area (Å²) in [7, 11) is 1.72. The number of carbonyl (C=O) groups is 2. The van der Waals surface area contributed by atoms with E-state index in [-0.39, 0.29) is 11.9 Å². The summed E-state index contributed by atoms with van der Waals surface area (Å²) in [6, 6.07) is 0. The standard InChI is InChI=1S/C25H48O5/c1-4-6-12-16-23(19-21-28-3)22-30-25(27)18-14-11-9-8-10-13-17-24(26)29-20-15-7-5-2/h23H,4-22H2,1-3H3. The molecule has 0 radical (unpaired) electrons. The third-order valence-electron chi connectivity index (χ3n) is 5.45. The molecule has 0 aliphatic carbocycles. The Morgan fingerprint density at radius 1 is 0.633 bits per heavy atom. The van der Waals surface area contributed by atoms with Crippen molar-refractivity contribution < 1.29 is 23.8 Å². The van der Waals surface area contributed by atoms with Gasteiger partial charge in [-0.05, 0) is 38.0 Å². The average molecular weight is 429 g/mol. The molecule has 5 nitrogen and oxygen atoms in total. The van der Waals surface area contributed by atoms with Gasteiger partial charge in [-0.3, -0.25) is 9.59 Å². The van der Waals surface area contributed by atoms with Gasteiger partial charge in [-0.25, -0.2) is 0 Å². The average Bonchev–Trinajstić information content (AvgIpc) is 2.74. The summed E-state index contributed by atoms with van der Waals surface area (Å²) in [5, 5.41) is 0. The molecule has 178 valence electrons. The third kappa shape index (κ3) is 20.2. The first-order valence-corrected chi connectivity index (χ1v) is 12.4. The Bertz CT molecular complexity index is 397. The molecule has 0 saturated carbocycles. The van der Waals surface area contributed by atoms with E-state index < -0.39 is 0 Å². The molecule has 0 heterocycles. The Kier molecular flexibility index (Phi) is 21.8. The molecule has 0 bridgehead atoms. The summed E-state index contributed by atoms with van der Waals surface area (Å²) in [4.78, 5) is 23.6. The Labute approximate surface area is 185 Å². The Balaban J connectivity index is 3.59. The maximum atomic E-state index is 12.0. The molecule has 0 aromatic heterocycles. The minimum atomic E-state index is -0.0706. The van der Waals surface area contributed by atoms with Crippen molar-refractivity contribution in [2.45, 2.75) is 117 Å². The molecule has 0 aromatic rings. The molecule has 5 heteroatoms. The summed E-state index contributed by atoms with van der Waals surface area (Å²) in [5.41, 5.74) is 0. The first-order valence-electron chi connectivity index (χ1n) is 12.4. The molecule has 0 fully saturated rings. The summed E-state index contributed by atoms with van der Waals surface area (Å²) >= 11 is 0. The minimum absolute atomic E-state index is 0.0626. The van der Waals surface area contributed by atoms with Gasteiger partial charge in [0, 0.05) is 26.6 Å². The van der Waals surface area contributed by atoms with Crippen molar-refractivity contribution in [1.29, 1.82) is 0 Å². The topological polar surface area (TPSA) is 61.8 Å². The van der Waals surface area contributed by atoms with Gasteiger partial charge >= 0.3 is 11.9 Å². The minimum Gasteiger partial charge on any atom is -0.466 e. The van der Waals surface area contributed by atoms with Crippen LogP contribution in [0.3, 0.4) is 0 Å². The second-order valence-corrected chi connectivity index (χ2v) is 8.38. The monoisotopic (exact) mass is 428 g/mol. The van der Waals surface area contributed by atoms with Crippen LogP contribution in [0.25, 0.3) is 0 Å². The molecule has 0 N–H and O–H groups in total. The van der Waals surface area contributed by atoms with Gasteiger partial charge in [-0.1, -0.05) is 71.6 Å². The van der Waals surface area contributed by atoms with Gasteiger partial charge in [-0.2, -0.15) is 0 Å². The van der Waals surface area contributed by atoms with Crippen molar-refractivity contribution in [1.82, 2.24) is 0 Å². The van der Waals surface area contributed by atoms with Crippen LogP contribution in [0.4, 0.5) is 0 Å². The molecule has 0 aromatic carbocycles. The van der Waals surface area contributed by atoms with E-state index in [0.717, 1.165) is 77.2 Å². The van der Waals surface area contributed by atoms with Crippen LogP contribution >= 0.6 is 0 Å². The highest BCUT2D eigenvalue weighted by Gasteiger charge is 2.12. The molecule has 0 saturated heterocycles. The zero-order valence-corrected chi connectivity index (χ0v) is 20.1. The maximum Gasteiger partial charge on any atom is 0.305 e. The van der Waals surface area contributed by atoms with E-state index in [1.807, 2.05) is 0 Å². The lowest BCUT2D eigenvalue weighted by Crippen LogP contribution is -2.16. The van der Waals surface area contributed by atoms with Crippen molar-refractivity contribution in [2.24, 2.45) is 5.92 Å². The fourth-order valence-corrected chi connectivity index (χ4v) is 3.42. The molecular weight excluding hydrogens is 380 g/mol. The summed E-state index contributed by atoms with van der Waals surface area (Å²) in [6.07, 6.45) is 16.1. The van der Waals surface area contributed by atoms with Crippen molar-refractivity contribution in [3.8, 4) is 0 Å². The van der Waals surface area contributed by atoms with Crippen LogP contribution in [-0.2, 0) is 23.8 Å². The Morgan fingerprint density at radius 2 is 1.20 bits per heavy atom. The van der Waals surface area contributed by atoms with Crippen LogP contribution in [0.5, 0.6) is 0 Å². The Morgan fingerprint density at radius 3 is 1.80 bits per heavy atom. The van der Waals surface area contributed by atoms with Crippen molar-refractivity contribution in [3.63, 3.8) is 0 Å². The number of ether oxygens (including phenoxy) is 3. The second kappa shape index (κ2) is 22.6. The van der Waals surface area contributed by atoms with Crippen LogP contribution in [-0.4, -0.2) is 38.9 Å². The molecule has 1 atom stereocenters. The zero-order valence-electron chi connectivity index (χ0n) is 20.1. The summed E-state index contributed by atoms with van der Waals surface area (Å²) in [5.74, 6) is 0.282. The molecule has 0 spiro atoms. The molecule has 0 aliphatic heterocycles. The van der Waals surface area contributed by atoms with Gasteiger partial charge in [0.25, 0.3) is 0 Å². The number of unbranched alkanes of at least 4 members (excludes halogenated alkanes) is 9. The van der Waals surface area contributed by atoms with Crippen molar-refractivity contribution in [3.05, 3.63) is 0 Å². The van der Waals surface area contributed by atoms with Crippen LogP contribution in [0.2, 0.25) is 0 Å². The van der Waals surface area contributed by atoms with Gasteiger partial charge in [-0.15, -0.1) is 0 Å². The van der Waals surface area contributed by atoms with Gasteiger partial charge in [0.15, 0.2) is 0 Å². The van der Waals surface area contributed by atoms with Crippen LogP contribution in [0.15, 0.2) is 0 Å². The van der Waals surface area contributed by atoms with Crippen LogP contribution in [0.1, 0.15) is 117 Å². The summed E-state index contributed by atoms with van der Waals surface area (Å²) < 4.78 is 15.9. The van der Waals surface area contributed by atoms with E-state index in [0.29, 0.717) is 32.0 Å². The first-order chi connectivity index (χ1) is 14.6. The van der Waals surface area contributed by atoms with Gasteiger partial charge < -0.3 is 14.2 Å². The van der Waals surface area contributed by atoms with Gasteiger partial charge in [0.05, 0.1) is 13.2 Å². The number of carbonyl (C=O) groups excluding carboxylic acids is 2. The summed E-state index contributed by atoms with van der Waals surface area (Å²) in [6.45, 7) is 6.16. The molecule has 0 rings (SSSR count). The number of rotatable bonds is 22. The van der Waals surface area contributed by atoms with E-state index in [1.54, 1.807) is 7.11 Å². The van der Waals surface area contributed by atoms with Gasteiger partial charge in [0.2, 0.25) is 0 Å². The fraction of sp³-hybridized carbons (Fsp3) is 0.920.